The summed E-state index contributed by atoms with van der Waals surface area (Å²) < 4.78 is 31.6. The topological polar surface area (TPSA) is 26.0 Å². The second-order valence-corrected chi connectivity index (χ2v) is 3.62. The molecule has 0 saturated carbocycles. The highest BCUT2D eigenvalue weighted by atomic mass is 35.5. The maximum Gasteiger partial charge on any atom is 0.231 e. The zero-order valence-corrected chi connectivity index (χ0v) is 9.32. The van der Waals surface area contributed by atoms with Crippen molar-refractivity contribution in [1.29, 1.82) is 0 Å². The average molecular weight is 264 g/mol. The first-order chi connectivity index (χ1) is 7.65. The second-order valence-electron chi connectivity index (χ2n) is 3.01. The van der Waals surface area contributed by atoms with E-state index in [1.807, 2.05) is 0 Å². The van der Waals surface area contributed by atoms with Crippen LogP contribution >= 0.6 is 23.2 Å². The van der Waals surface area contributed by atoms with Crippen molar-refractivity contribution in [1.82, 2.24) is 5.16 Å². The summed E-state index contributed by atoms with van der Waals surface area (Å²) in [6.45, 7) is 0. The Balaban J connectivity index is 2.67. The predicted molar refractivity (Wildman–Crippen MR) is 56.4 cm³/mol. The third kappa shape index (κ3) is 1.79. The minimum atomic E-state index is -0.740. The van der Waals surface area contributed by atoms with Gasteiger partial charge in [0, 0.05) is 0 Å². The summed E-state index contributed by atoms with van der Waals surface area (Å²) in [7, 11) is 0. The number of hydrogen-bond acceptors (Lipinski definition) is 2. The number of benzene rings is 1. The molecule has 1 heterocycles. The third-order valence-electron chi connectivity index (χ3n) is 2.07. The highest BCUT2D eigenvalue weighted by molar-refractivity contribution is 6.31. The van der Waals surface area contributed by atoms with Crippen LogP contribution in [0, 0.1) is 11.6 Å². The summed E-state index contributed by atoms with van der Waals surface area (Å²) in [6.07, 6.45) is 0. The largest absolute Gasteiger partial charge is 0.343 e. The molecular weight excluding hydrogens is 259 g/mol. The van der Waals surface area contributed by atoms with Crippen LogP contribution in [0.3, 0.4) is 0 Å². The van der Waals surface area contributed by atoms with Gasteiger partial charge in [0.05, 0.1) is 17.0 Å². The number of rotatable bonds is 2. The molecule has 0 saturated heterocycles. The fraction of sp³-hybridized carbons (Fsp3) is 0.100. The molecule has 1 aromatic carbocycles. The minimum absolute atomic E-state index is 0.00407. The van der Waals surface area contributed by atoms with E-state index >= 15 is 0 Å². The van der Waals surface area contributed by atoms with Gasteiger partial charge in [0.1, 0.15) is 17.3 Å². The molecule has 84 valence electrons. The molecule has 2 aromatic rings. The number of aromatic nitrogens is 1. The molecule has 0 aliphatic rings. The van der Waals surface area contributed by atoms with E-state index in [0.717, 1.165) is 12.1 Å². The fourth-order valence-corrected chi connectivity index (χ4v) is 1.83. The lowest BCUT2D eigenvalue weighted by Crippen LogP contribution is -1.92. The molecule has 2 rings (SSSR count). The van der Waals surface area contributed by atoms with Gasteiger partial charge in [-0.1, -0.05) is 11.2 Å². The summed E-state index contributed by atoms with van der Waals surface area (Å²) in [5.41, 5.74) is -0.0169. The van der Waals surface area contributed by atoms with E-state index in [2.05, 4.69) is 9.68 Å². The zero-order chi connectivity index (χ0) is 11.7. The summed E-state index contributed by atoms with van der Waals surface area (Å²) >= 11 is 11.2. The van der Waals surface area contributed by atoms with Crippen molar-refractivity contribution in [2.24, 2.45) is 0 Å². The lowest BCUT2D eigenvalue weighted by atomic mass is 10.1. The first-order valence-electron chi connectivity index (χ1n) is 4.29. The van der Waals surface area contributed by atoms with E-state index in [0.29, 0.717) is 0 Å². The standard InChI is InChI=1S/C10H5Cl2F2NO/c11-4-5-9(15-16-10(5)12)8-6(13)2-1-3-7(8)14/h1-3H,4H2. The van der Waals surface area contributed by atoms with Gasteiger partial charge < -0.3 is 4.52 Å². The van der Waals surface area contributed by atoms with E-state index in [9.17, 15) is 8.78 Å². The molecule has 0 aliphatic heterocycles. The molecule has 0 N–H and O–H groups in total. The molecule has 1 aromatic heterocycles. The maximum absolute atomic E-state index is 13.5. The fourth-order valence-electron chi connectivity index (χ4n) is 1.33. The van der Waals surface area contributed by atoms with Crippen LogP contribution in [-0.2, 0) is 5.88 Å². The summed E-state index contributed by atoms with van der Waals surface area (Å²) in [4.78, 5) is 0. The summed E-state index contributed by atoms with van der Waals surface area (Å²) in [6, 6.07) is 3.51. The molecule has 0 aliphatic carbocycles. The smallest absolute Gasteiger partial charge is 0.231 e. The van der Waals surface area contributed by atoms with E-state index in [4.69, 9.17) is 23.2 Å². The van der Waals surface area contributed by atoms with E-state index in [-0.39, 0.29) is 27.9 Å². The normalized spacial score (nSPS) is 10.8. The molecule has 0 radical (unpaired) electrons. The van der Waals surface area contributed by atoms with Gasteiger partial charge in [-0.25, -0.2) is 8.78 Å². The first kappa shape index (κ1) is 11.4. The Hall–Kier alpha value is -1.13. The Morgan fingerprint density at radius 3 is 2.44 bits per heavy atom. The van der Waals surface area contributed by atoms with Crippen LogP contribution in [0.2, 0.25) is 5.22 Å². The Bertz CT molecular complexity index is 507. The Morgan fingerprint density at radius 1 is 1.25 bits per heavy atom. The van der Waals surface area contributed by atoms with Crippen molar-refractivity contribution in [2.75, 3.05) is 0 Å². The summed E-state index contributed by atoms with van der Waals surface area (Å²) in [5, 5.41) is 3.44. The molecule has 0 unspecified atom stereocenters. The summed E-state index contributed by atoms with van der Waals surface area (Å²) in [5.74, 6) is -1.52. The lowest BCUT2D eigenvalue weighted by Gasteiger charge is -2.01. The molecule has 0 bridgehead atoms. The third-order valence-corrected chi connectivity index (χ3v) is 2.64. The number of alkyl halides is 1. The van der Waals surface area contributed by atoms with Crippen molar-refractivity contribution >= 4 is 23.2 Å². The number of halogens is 4. The van der Waals surface area contributed by atoms with Gasteiger partial charge >= 0.3 is 0 Å². The number of nitrogens with zero attached hydrogens (tertiary/aromatic N) is 1. The lowest BCUT2D eigenvalue weighted by molar-refractivity contribution is 0.422. The SMILES string of the molecule is Fc1cccc(F)c1-c1noc(Cl)c1CCl. The molecule has 0 fully saturated rings. The Morgan fingerprint density at radius 2 is 1.88 bits per heavy atom. The molecule has 0 spiro atoms. The van der Waals surface area contributed by atoms with E-state index in [1.165, 1.54) is 6.07 Å². The van der Waals surface area contributed by atoms with Crippen molar-refractivity contribution in [3.8, 4) is 11.3 Å². The van der Waals surface area contributed by atoms with Gasteiger partial charge in [0.25, 0.3) is 0 Å². The maximum atomic E-state index is 13.5. The molecule has 0 amide bonds. The highest BCUT2D eigenvalue weighted by Crippen LogP contribution is 2.32. The van der Waals surface area contributed by atoms with Gasteiger partial charge in [-0.05, 0) is 23.7 Å². The Labute approximate surface area is 99.8 Å². The molecule has 6 heteroatoms. The average Bonchev–Trinajstić information content (AvgIpc) is 2.59. The van der Waals surface area contributed by atoms with Crippen LogP contribution in [0.25, 0.3) is 11.3 Å². The second kappa shape index (κ2) is 4.39. The van der Waals surface area contributed by atoms with Gasteiger partial charge in [-0.3, -0.25) is 0 Å². The number of hydrogen-bond donors (Lipinski definition) is 0. The van der Waals surface area contributed by atoms with Crippen molar-refractivity contribution in [2.45, 2.75) is 5.88 Å². The monoisotopic (exact) mass is 263 g/mol. The Kier molecular flexibility index (Phi) is 3.12. The van der Waals surface area contributed by atoms with Crippen molar-refractivity contribution in [3.63, 3.8) is 0 Å². The van der Waals surface area contributed by atoms with E-state index in [1.54, 1.807) is 0 Å². The quantitative estimate of drug-likeness (QED) is 0.766. The van der Waals surface area contributed by atoms with Gasteiger partial charge in [-0.15, -0.1) is 11.6 Å². The van der Waals surface area contributed by atoms with Gasteiger partial charge in [0.2, 0.25) is 5.22 Å². The predicted octanol–water partition coefficient (Wildman–Crippen LogP) is 4.01. The first-order valence-corrected chi connectivity index (χ1v) is 5.20. The molecular formula is C10H5Cl2F2NO. The van der Waals surface area contributed by atoms with Crippen molar-refractivity contribution < 1.29 is 13.3 Å². The molecule has 16 heavy (non-hydrogen) atoms. The van der Waals surface area contributed by atoms with Crippen LogP contribution in [0.15, 0.2) is 22.7 Å². The highest BCUT2D eigenvalue weighted by Gasteiger charge is 2.21. The van der Waals surface area contributed by atoms with Crippen LogP contribution < -0.4 is 0 Å². The molecule has 2 nitrogen and oxygen atoms in total. The van der Waals surface area contributed by atoms with Crippen LogP contribution in [0.1, 0.15) is 5.56 Å². The van der Waals surface area contributed by atoms with Crippen LogP contribution in [0.5, 0.6) is 0 Å². The van der Waals surface area contributed by atoms with Gasteiger partial charge in [0.15, 0.2) is 0 Å². The van der Waals surface area contributed by atoms with Crippen molar-refractivity contribution in [3.05, 3.63) is 40.6 Å². The van der Waals surface area contributed by atoms with E-state index < -0.39 is 11.6 Å². The minimum Gasteiger partial charge on any atom is -0.343 e. The molecule has 0 atom stereocenters. The van der Waals surface area contributed by atoms with Crippen LogP contribution in [-0.4, -0.2) is 5.16 Å². The van der Waals surface area contributed by atoms with Crippen LogP contribution in [0.4, 0.5) is 8.78 Å². The zero-order valence-electron chi connectivity index (χ0n) is 7.81. The van der Waals surface area contributed by atoms with Gasteiger partial charge in [-0.2, -0.15) is 0 Å².